The SMILES string of the molecule is O=S(=O)(Cc1ccccc1)NC(c1ccc(F)cc1)C1CCCO1. The van der Waals surface area contributed by atoms with E-state index in [9.17, 15) is 12.8 Å². The number of sulfonamides is 1. The van der Waals surface area contributed by atoms with Crippen LogP contribution < -0.4 is 4.72 Å². The summed E-state index contributed by atoms with van der Waals surface area (Å²) in [4.78, 5) is 0. The molecule has 2 unspecified atom stereocenters. The molecule has 1 heterocycles. The van der Waals surface area contributed by atoms with Gasteiger partial charge in [-0.05, 0) is 36.1 Å². The molecule has 1 fully saturated rings. The molecule has 1 N–H and O–H groups in total. The standard InChI is InChI=1S/C18H20FNO3S/c19-16-10-8-15(9-11-16)18(17-7-4-12-23-17)20-24(21,22)13-14-5-2-1-3-6-14/h1-3,5-6,8-11,17-18,20H,4,7,12-13H2. The molecule has 3 rings (SSSR count). The lowest BCUT2D eigenvalue weighted by atomic mass is 10.0. The lowest BCUT2D eigenvalue weighted by Crippen LogP contribution is -2.36. The summed E-state index contributed by atoms with van der Waals surface area (Å²) < 4.78 is 46.7. The Bertz CT molecular complexity index is 757. The number of hydrogen-bond acceptors (Lipinski definition) is 3. The van der Waals surface area contributed by atoms with E-state index in [4.69, 9.17) is 4.74 Å². The van der Waals surface area contributed by atoms with Gasteiger partial charge in [0.05, 0.1) is 17.9 Å². The van der Waals surface area contributed by atoms with Gasteiger partial charge in [-0.15, -0.1) is 0 Å². The molecule has 4 nitrogen and oxygen atoms in total. The van der Waals surface area contributed by atoms with Crippen LogP contribution in [0, 0.1) is 5.82 Å². The summed E-state index contributed by atoms with van der Waals surface area (Å²) in [5, 5.41) is 0. The highest BCUT2D eigenvalue weighted by Gasteiger charge is 2.30. The molecular weight excluding hydrogens is 329 g/mol. The number of benzene rings is 2. The zero-order valence-corrected chi connectivity index (χ0v) is 14.0. The molecule has 0 bridgehead atoms. The molecule has 2 aromatic carbocycles. The molecule has 128 valence electrons. The molecule has 2 atom stereocenters. The first kappa shape index (κ1) is 17.1. The van der Waals surface area contributed by atoms with Crippen molar-refractivity contribution in [3.05, 3.63) is 71.5 Å². The van der Waals surface area contributed by atoms with Gasteiger partial charge in [-0.25, -0.2) is 17.5 Å². The zero-order chi connectivity index (χ0) is 17.0. The summed E-state index contributed by atoms with van der Waals surface area (Å²) in [7, 11) is -3.55. The number of ether oxygens (including phenoxy) is 1. The number of hydrogen-bond donors (Lipinski definition) is 1. The summed E-state index contributed by atoms with van der Waals surface area (Å²) in [6, 6.07) is 14.4. The summed E-state index contributed by atoms with van der Waals surface area (Å²) >= 11 is 0. The van der Waals surface area contributed by atoms with Gasteiger partial charge in [0.2, 0.25) is 10.0 Å². The molecule has 24 heavy (non-hydrogen) atoms. The second-order valence-corrected chi connectivity index (χ2v) is 7.70. The third-order valence-corrected chi connectivity index (χ3v) is 5.40. The molecule has 0 amide bonds. The molecule has 0 aromatic heterocycles. The summed E-state index contributed by atoms with van der Waals surface area (Å²) in [6.45, 7) is 0.614. The highest BCUT2D eigenvalue weighted by atomic mass is 32.2. The van der Waals surface area contributed by atoms with Crippen molar-refractivity contribution in [2.45, 2.75) is 30.7 Å². The van der Waals surface area contributed by atoms with E-state index in [2.05, 4.69) is 4.72 Å². The van der Waals surface area contributed by atoms with Crippen LogP contribution in [0.3, 0.4) is 0 Å². The van der Waals surface area contributed by atoms with E-state index in [0.717, 1.165) is 18.4 Å². The van der Waals surface area contributed by atoms with Crippen LogP contribution in [0.4, 0.5) is 4.39 Å². The van der Waals surface area contributed by atoms with Gasteiger partial charge in [0.1, 0.15) is 5.82 Å². The van der Waals surface area contributed by atoms with Crippen molar-refractivity contribution in [2.24, 2.45) is 0 Å². The molecule has 0 radical (unpaired) electrons. The Balaban J connectivity index is 1.81. The molecule has 2 aromatic rings. The first-order valence-electron chi connectivity index (χ1n) is 7.94. The lowest BCUT2D eigenvalue weighted by Gasteiger charge is -2.24. The number of nitrogens with one attached hydrogen (secondary N) is 1. The summed E-state index contributed by atoms with van der Waals surface area (Å²) in [5.41, 5.74) is 1.43. The third-order valence-electron chi connectivity index (χ3n) is 4.07. The van der Waals surface area contributed by atoms with Gasteiger partial charge in [-0.2, -0.15) is 0 Å². The second-order valence-electron chi connectivity index (χ2n) is 5.94. The minimum absolute atomic E-state index is 0.0990. The highest BCUT2D eigenvalue weighted by Crippen LogP contribution is 2.28. The Morgan fingerprint density at radius 2 is 1.83 bits per heavy atom. The second kappa shape index (κ2) is 7.42. The van der Waals surface area contributed by atoms with Crippen LogP contribution in [0.15, 0.2) is 54.6 Å². The fourth-order valence-electron chi connectivity index (χ4n) is 2.92. The molecule has 6 heteroatoms. The van der Waals surface area contributed by atoms with E-state index < -0.39 is 16.1 Å². The smallest absolute Gasteiger partial charge is 0.216 e. The van der Waals surface area contributed by atoms with Gasteiger partial charge in [-0.1, -0.05) is 42.5 Å². The van der Waals surface area contributed by atoms with Gasteiger partial charge in [0.25, 0.3) is 0 Å². The van der Waals surface area contributed by atoms with E-state index in [-0.39, 0.29) is 17.7 Å². The largest absolute Gasteiger partial charge is 0.376 e. The fraction of sp³-hybridized carbons (Fsp3) is 0.333. The summed E-state index contributed by atoms with van der Waals surface area (Å²) in [5.74, 6) is -0.449. The minimum atomic E-state index is -3.55. The van der Waals surface area contributed by atoms with E-state index in [1.165, 1.54) is 12.1 Å². The van der Waals surface area contributed by atoms with Crippen molar-refractivity contribution >= 4 is 10.0 Å². The maximum atomic E-state index is 13.2. The molecule has 0 aliphatic carbocycles. The topological polar surface area (TPSA) is 55.4 Å². The van der Waals surface area contributed by atoms with Gasteiger partial charge >= 0.3 is 0 Å². The fourth-order valence-corrected chi connectivity index (χ4v) is 4.31. The van der Waals surface area contributed by atoms with Crippen molar-refractivity contribution in [3.8, 4) is 0 Å². The average molecular weight is 349 g/mol. The van der Waals surface area contributed by atoms with Crippen molar-refractivity contribution in [3.63, 3.8) is 0 Å². The zero-order valence-electron chi connectivity index (χ0n) is 13.2. The van der Waals surface area contributed by atoms with Crippen LogP contribution in [-0.2, 0) is 20.5 Å². The van der Waals surface area contributed by atoms with Gasteiger partial charge in [0, 0.05) is 6.61 Å². The van der Waals surface area contributed by atoms with Crippen molar-refractivity contribution < 1.29 is 17.5 Å². The summed E-state index contributed by atoms with van der Waals surface area (Å²) in [6.07, 6.45) is 1.43. The lowest BCUT2D eigenvalue weighted by molar-refractivity contribution is 0.0851. The Morgan fingerprint density at radius 1 is 1.12 bits per heavy atom. The van der Waals surface area contributed by atoms with Crippen LogP contribution >= 0.6 is 0 Å². The quantitative estimate of drug-likeness (QED) is 0.871. The first-order chi connectivity index (χ1) is 11.5. The van der Waals surface area contributed by atoms with Crippen LogP contribution in [0.2, 0.25) is 0 Å². The van der Waals surface area contributed by atoms with Crippen molar-refractivity contribution in [1.82, 2.24) is 4.72 Å². The van der Waals surface area contributed by atoms with Gasteiger partial charge in [-0.3, -0.25) is 0 Å². The predicted octanol–water partition coefficient (Wildman–Crippen LogP) is 3.17. The maximum Gasteiger partial charge on any atom is 0.216 e. The number of halogens is 1. The van der Waals surface area contributed by atoms with Crippen molar-refractivity contribution in [2.75, 3.05) is 6.61 Å². The maximum absolute atomic E-state index is 13.2. The van der Waals surface area contributed by atoms with Gasteiger partial charge in [0.15, 0.2) is 0 Å². The monoisotopic (exact) mass is 349 g/mol. The van der Waals surface area contributed by atoms with Crippen LogP contribution in [0.25, 0.3) is 0 Å². The number of rotatable bonds is 6. The van der Waals surface area contributed by atoms with Crippen LogP contribution in [-0.4, -0.2) is 21.1 Å². The van der Waals surface area contributed by atoms with E-state index in [1.54, 1.807) is 24.3 Å². The van der Waals surface area contributed by atoms with E-state index >= 15 is 0 Å². The van der Waals surface area contributed by atoms with E-state index in [0.29, 0.717) is 12.2 Å². The Labute approximate surface area is 141 Å². The molecule has 0 saturated carbocycles. The molecule has 1 aliphatic heterocycles. The Morgan fingerprint density at radius 3 is 2.46 bits per heavy atom. The van der Waals surface area contributed by atoms with Gasteiger partial charge < -0.3 is 4.74 Å². The van der Waals surface area contributed by atoms with E-state index in [1.807, 2.05) is 18.2 Å². The molecule has 0 spiro atoms. The van der Waals surface area contributed by atoms with Crippen LogP contribution in [0.5, 0.6) is 0 Å². The molecule has 1 saturated heterocycles. The van der Waals surface area contributed by atoms with Crippen LogP contribution in [0.1, 0.15) is 30.0 Å². The van der Waals surface area contributed by atoms with Crippen molar-refractivity contribution in [1.29, 1.82) is 0 Å². The highest BCUT2D eigenvalue weighted by molar-refractivity contribution is 7.88. The average Bonchev–Trinajstić information content (AvgIpc) is 3.08. The molecule has 1 aliphatic rings. The minimum Gasteiger partial charge on any atom is -0.376 e. The molecular formula is C18H20FNO3S. The normalized spacial score (nSPS) is 19.3. The Hall–Kier alpha value is -1.76. The third kappa shape index (κ3) is 4.41. The first-order valence-corrected chi connectivity index (χ1v) is 9.60. The predicted molar refractivity (Wildman–Crippen MR) is 90.3 cm³/mol. The Kier molecular flexibility index (Phi) is 5.28.